The minimum absolute atomic E-state index is 0.123. The summed E-state index contributed by atoms with van der Waals surface area (Å²) in [5.74, 6) is 0.0807. The first kappa shape index (κ1) is 24.4. The molecular formula is C27H34F3N3O. The second-order valence-corrected chi connectivity index (χ2v) is 9.64. The molecule has 34 heavy (non-hydrogen) atoms. The summed E-state index contributed by atoms with van der Waals surface area (Å²) in [6, 6.07) is 11.5. The Morgan fingerprint density at radius 1 is 1.00 bits per heavy atom. The van der Waals surface area contributed by atoms with Crippen LogP contribution < -0.4 is 14.6 Å². The molecule has 184 valence electrons. The summed E-state index contributed by atoms with van der Waals surface area (Å²) in [6.45, 7) is 11.8. The van der Waals surface area contributed by atoms with Crippen LogP contribution in [0.3, 0.4) is 0 Å². The highest BCUT2D eigenvalue weighted by atomic mass is 19.4. The van der Waals surface area contributed by atoms with Crippen LogP contribution in [-0.4, -0.2) is 37.1 Å². The first-order valence-electron chi connectivity index (χ1n) is 12.1. The highest BCUT2D eigenvalue weighted by Crippen LogP contribution is 2.37. The van der Waals surface area contributed by atoms with Crippen molar-refractivity contribution < 1.29 is 17.9 Å². The minimum atomic E-state index is -4.41. The van der Waals surface area contributed by atoms with E-state index < -0.39 is 17.8 Å². The molecule has 0 N–H and O–H groups in total. The van der Waals surface area contributed by atoms with E-state index in [1.165, 1.54) is 27.4 Å². The van der Waals surface area contributed by atoms with E-state index in [1.807, 2.05) is 31.2 Å². The Kier molecular flexibility index (Phi) is 6.83. The molecule has 7 heteroatoms. The Hall–Kier alpha value is -2.70. The van der Waals surface area contributed by atoms with E-state index in [1.54, 1.807) is 6.92 Å². The van der Waals surface area contributed by atoms with Gasteiger partial charge in [0.05, 0.1) is 11.7 Å². The molecule has 2 aliphatic rings. The number of ether oxygens (including phenoxy) is 1. The fraction of sp³-hybridized carbons (Fsp3) is 0.519. The van der Waals surface area contributed by atoms with Crippen LogP contribution in [0.2, 0.25) is 0 Å². The van der Waals surface area contributed by atoms with E-state index in [-0.39, 0.29) is 12.1 Å². The second-order valence-electron chi connectivity index (χ2n) is 9.64. The molecule has 1 fully saturated rings. The lowest BCUT2D eigenvalue weighted by Gasteiger charge is -2.35. The Bertz CT molecular complexity index is 1020. The minimum Gasteiger partial charge on any atom is -0.490 e. The quantitative estimate of drug-likeness (QED) is 0.477. The lowest BCUT2D eigenvalue weighted by Crippen LogP contribution is -2.39. The third kappa shape index (κ3) is 4.89. The van der Waals surface area contributed by atoms with Crippen LogP contribution in [0.5, 0.6) is 5.75 Å². The molecule has 2 atom stereocenters. The molecule has 4 nitrogen and oxygen atoms in total. The van der Waals surface area contributed by atoms with Crippen LogP contribution in [0.4, 0.5) is 24.5 Å². The third-order valence-electron chi connectivity index (χ3n) is 7.04. The molecule has 0 saturated carbocycles. The molecular weight excluding hydrogens is 439 g/mol. The van der Waals surface area contributed by atoms with Crippen LogP contribution in [-0.2, 0) is 0 Å². The smallest absolute Gasteiger partial charge is 0.431 e. The van der Waals surface area contributed by atoms with Crippen molar-refractivity contribution in [1.82, 2.24) is 0 Å². The van der Waals surface area contributed by atoms with Gasteiger partial charge in [-0.3, -0.25) is 5.01 Å². The first-order valence-corrected chi connectivity index (χ1v) is 12.1. The summed E-state index contributed by atoms with van der Waals surface area (Å²) in [5, 5.41) is 5.46. The maximum atomic E-state index is 13.4. The van der Waals surface area contributed by atoms with E-state index in [0.29, 0.717) is 12.1 Å². The molecule has 1 unspecified atom stereocenters. The average molecular weight is 474 g/mol. The number of aryl methyl sites for hydroxylation is 3. The van der Waals surface area contributed by atoms with E-state index in [2.05, 4.69) is 42.9 Å². The average Bonchev–Trinajstić information content (AvgIpc) is 3.11. The van der Waals surface area contributed by atoms with E-state index in [0.717, 1.165) is 31.7 Å². The molecule has 4 rings (SSSR count). The van der Waals surface area contributed by atoms with Crippen LogP contribution in [0, 0.1) is 26.7 Å². The maximum Gasteiger partial charge on any atom is 0.431 e. The predicted octanol–water partition coefficient (Wildman–Crippen LogP) is 6.81. The van der Waals surface area contributed by atoms with Crippen LogP contribution in [0.25, 0.3) is 0 Å². The van der Waals surface area contributed by atoms with Crippen molar-refractivity contribution in [1.29, 1.82) is 0 Å². The Morgan fingerprint density at radius 2 is 1.59 bits per heavy atom. The molecule has 0 bridgehead atoms. The van der Waals surface area contributed by atoms with Gasteiger partial charge in [0, 0.05) is 37.5 Å². The normalized spacial score (nSPS) is 21.7. The van der Waals surface area contributed by atoms with Crippen molar-refractivity contribution in [3.8, 4) is 5.75 Å². The summed E-state index contributed by atoms with van der Waals surface area (Å²) >= 11 is 0. The number of benzene rings is 2. The summed E-state index contributed by atoms with van der Waals surface area (Å²) < 4.78 is 46.3. The van der Waals surface area contributed by atoms with Crippen LogP contribution in [0.15, 0.2) is 41.5 Å². The SMILES string of the molecule is CC[C@H]1C(C)C(C(F)(F)F)=NN1c1ccc(OC2CCN(c3c(C)cc(C)cc3C)CC2)cc1. The van der Waals surface area contributed by atoms with E-state index in [9.17, 15) is 13.2 Å². The number of halogens is 3. The number of anilines is 2. The fourth-order valence-electron chi connectivity index (χ4n) is 5.50. The highest BCUT2D eigenvalue weighted by Gasteiger charge is 2.47. The number of alkyl halides is 3. The molecule has 2 heterocycles. The fourth-order valence-corrected chi connectivity index (χ4v) is 5.50. The first-order chi connectivity index (χ1) is 16.1. The van der Waals surface area contributed by atoms with Gasteiger partial charge < -0.3 is 9.64 Å². The van der Waals surface area contributed by atoms with Crippen LogP contribution in [0.1, 0.15) is 49.8 Å². The molecule has 0 amide bonds. The van der Waals surface area contributed by atoms with Crippen molar-refractivity contribution in [3.63, 3.8) is 0 Å². The maximum absolute atomic E-state index is 13.4. The lowest BCUT2D eigenvalue weighted by molar-refractivity contribution is -0.0620. The van der Waals surface area contributed by atoms with Crippen molar-refractivity contribution in [2.45, 2.75) is 72.2 Å². The molecule has 0 radical (unpaired) electrons. The summed E-state index contributed by atoms with van der Waals surface area (Å²) in [6.07, 6.45) is -1.85. The Labute approximate surface area is 200 Å². The number of hydrazone groups is 1. The molecule has 2 aromatic carbocycles. The zero-order valence-corrected chi connectivity index (χ0v) is 20.6. The zero-order chi connectivity index (χ0) is 24.6. The van der Waals surface area contributed by atoms with Gasteiger partial charge >= 0.3 is 6.18 Å². The largest absolute Gasteiger partial charge is 0.490 e. The lowest BCUT2D eigenvalue weighted by atomic mass is 9.95. The third-order valence-corrected chi connectivity index (χ3v) is 7.04. The van der Waals surface area contributed by atoms with Crippen molar-refractivity contribution in [3.05, 3.63) is 53.1 Å². The number of piperidine rings is 1. The van der Waals surface area contributed by atoms with Gasteiger partial charge in [-0.2, -0.15) is 18.3 Å². The molecule has 0 spiro atoms. The van der Waals surface area contributed by atoms with Gasteiger partial charge in [-0.05, 0) is 62.6 Å². The summed E-state index contributed by atoms with van der Waals surface area (Å²) in [7, 11) is 0. The van der Waals surface area contributed by atoms with Gasteiger partial charge in [-0.25, -0.2) is 0 Å². The van der Waals surface area contributed by atoms with Gasteiger partial charge in [0.25, 0.3) is 0 Å². The molecule has 0 aromatic heterocycles. The molecule has 1 saturated heterocycles. The zero-order valence-electron chi connectivity index (χ0n) is 20.6. The standard InChI is InChI=1S/C27H34F3N3O/c1-6-24-20(5)26(27(28,29)30)31-33(24)21-7-9-22(10-8-21)34-23-11-13-32(14-12-23)25-18(3)15-17(2)16-19(25)4/h7-10,15-16,20,23-24H,6,11-14H2,1-5H3/t20?,24-/m0/s1. The molecule has 2 aromatic rings. The Morgan fingerprint density at radius 3 is 2.12 bits per heavy atom. The number of hydrogen-bond acceptors (Lipinski definition) is 4. The number of nitrogens with zero attached hydrogens (tertiary/aromatic N) is 3. The topological polar surface area (TPSA) is 28.1 Å². The monoisotopic (exact) mass is 473 g/mol. The van der Waals surface area contributed by atoms with E-state index >= 15 is 0 Å². The highest BCUT2D eigenvalue weighted by molar-refractivity contribution is 5.95. The number of hydrogen-bond donors (Lipinski definition) is 0. The molecule has 2 aliphatic heterocycles. The van der Waals surface area contributed by atoms with Crippen molar-refractivity contribution in [2.24, 2.45) is 11.0 Å². The predicted molar refractivity (Wildman–Crippen MR) is 132 cm³/mol. The van der Waals surface area contributed by atoms with Gasteiger partial charge in [0.1, 0.15) is 17.6 Å². The van der Waals surface area contributed by atoms with Crippen molar-refractivity contribution >= 4 is 17.1 Å². The van der Waals surface area contributed by atoms with Crippen molar-refractivity contribution in [2.75, 3.05) is 23.0 Å². The summed E-state index contributed by atoms with van der Waals surface area (Å²) in [5.41, 5.74) is 5.19. The van der Waals surface area contributed by atoms with Gasteiger partial charge in [-0.15, -0.1) is 0 Å². The summed E-state index contributed by atoms with van der Waals surface area (Å²) in [4.78, 5) is 2.45. The number of rotatable bonds is 5. The second kappa shape index (κ2) is 9.51. The van der Waals surface area contributed by atoms with Crippen LogP contribution >= 0.6 is 0 Å². The molecule has 0 aliphatic carbocycles. The van der Waals surface area contributed by atoms with Gasteiger partial charge in [-0.1, -0.05) is 31.5 Å². The Balaban J connectivity index is 1.39. The van der Waals surface area contributed by atoms with E-state index in [4.69, 9.17) is 4.74 Å². The van der Waals surface area contributed by atoms with Gasteiger partial charge in [0.15, 0.2) is 0 Å². The van der Waals surface area contributed by atoms with Gasteiger partial charge in [0.2, 0.25) is 0 Å².